The molecule has 0 radical (unpaired) electrons. The van der Waals surface area contributed by atoms with Crippen LogP contribution in [-0.2, 0) is 7.05 Å². The van der Waals surface area contributed by atoms with Gasteiger partial charge in [-0.3, -0.25) is 9.08 Å². The van der Waals surface area contributed by atoms with E-state index >= 15 is 0 Å². The lowest BCUT2D eigenvalue weighted by Crippen LogP contribution is -1.94. The molecule has 0 aliphatic heterocycles. The molecule has 0 aliphatic carbocycles. The van der Waals surface area contributed by atoms with Gasteiger partial charge >= 0.3 is 0 Å². The first-order valence-electron chi connectivity index (χ1n) is 9.12. The summed E-state index contributed by atoms with van der Waals surface area (Å²) in [5.74, 6) is 7.16. The number of rotatable bonds is 2. The van der Waals surface area contributed by atoms with E-state index in [-0.39, 0.29) is 0 Å². The van der Waals surface area contributed by atoms with Crippen LogP contribution < -0.4 is 4.74 Å². The molecule has 0 aliphatic rings. The molecule has 0 N–H and O–H groups in total. The maximum atomic E-state index is 5.65. The van der Waals surface area contributed by atoms with Crippen LogP contribution in [0.4, 0.5) is 0 Å². The Hall–Kier alpha value is -4.05. The Labute approximate surface area is 167 Å². The Morgan fingerprint density at radius 3 is 2.66 bits per heavy atom. The molecular formula is C22H18N6O. The van der Waals surface area contributed by atoms with E-state index in [0.29, 0.717) is 5.75 Å². The van der Waals surface area contributed by atoms with Crippen molar-refractivity contribution in [2.24, 2.45) is 7.05 Å². The molecule has 5 aromatic heterocycles. The van der Waals surface area contributed by atoms with Gasteiger partial charge in [-0.15, -0.1) is 0 Å². The van der Waals surface area contributed by atoms with E-state index in [1.54, 1.807) is 28.7 Å². The zero-order valence-corrected chi connectivity index (χ0v) is 16.3. The smallest absolute Gasteiger partial charge is 0.146 e. The fourth-order valence-corrected chi connectivity index (χ4v) is 3.37. The molecule has 5 rings (SSSR count). The molecular weight excluding hydrogens is 364 g/mol. The maximum absolute atomic E-state index is 5.65. The van der Waals surface area contributed by atoms with Gasteiger partial charge in [0.15, 0.2) is 0 Å². The minimum atomic E-state index is 0.710. The third-order valence-corrected chi connectivity index (χ3v) is 4.81. The standard InChI is InChI=1S/C22H18N6O/c1-15-4-7-21-23-11-19(27(21)12-15)6-5-16-9-25-28-14-17(8-20(29-3)22(16)28)18-10-24-26(2)13-18/h4,7-14H,1-3H3. The van der Waals surface area contributed by atoms with Gasteiger partial charge in [0.25, 0.3) is 0 Å². The van der Waals surface area contributed by atoms with Crippen molar-refractivity contribution in [3.05, 3.63) is 72.2 Å². The molecule has 29 heavy (non-hydrogen) atoms. The number of methoxy groups -OCH3 is 1. The Morgan fingerprint density at radius 1 is 0.966 bits per heavy atom. The van der Waals surface area contributed by atoms with E-state index < -0.39 is 0 Å². The highest BCUT2D eigenvalue weighted by Gasteiger charge is 2.12. The van der Waals surface area contributed by atoms with Crippen LogP contribution in [-0.4, -0.2) is 35.9 Å². The molecule has 0 bridgehead atoms. The Kier molecular flexibility index (Phi) is 3.85. The molecule has 5 heterocycles. The number of ether oxygens (including phenoxy) is 1. The van der Waals surface area contributed by atoms with Gasteiger partial charge < -0.3 is 4.74 Å². The average Bonchev–Trinajstić information content (AvgIpc) is 3.44. The average molecular weight is 382 g/mol. The van der Waals surface area contributed by atoms with Crippen LogP contribution in [0.2, 0.25) is 0 Å². The molecule has 7 nitrogen and oxygen atoms in total. The largest absolute Gasteiger partial charge is 0.494 e. The highest BCUT2D eigenvalue weighted by atomic mass is 16.5. The Balaban J connectivity index is 1.61. The zero-order valence-electron chi connectivity index (χ0n) is 16.3. The van der Waals surface area contributed by atoms with Crippen molar-refractivity contribution in [2.75, 3.05) is 7.11 Å². The Bertz CT molecular complexity index is 1430. The molecule has 0 amide bonds. The summed E-state index contributed by atoms with van der Waals surface area (Å²) in [5, 5.41) is 8.72. The van der Waals surface area contributed by atoms with Crippen LogP contribution in [0.5, 0.6) is 5.75 Å². The second kappa shape index (κ2) is 6.53. The summed E-state index contributed by atoms with van der Waals surface area (Å²) in [7, 11) is 3.54. The van der Waals surface area contributed by atoms with Crippen LogP contribution in [0.1, 0.15) is 16.8 Å². The second-order valence-corrected chi connectivity index (χ2v) is 6.88. The first-order chi connectivity index (χ1) is 14.1. The fraction of sp³-hybridized carbons (Fsp3) is 0.136. The van der Waals surface area contributed by atoms with Gasteiger partial charge in [-0.05, 0) is 30.5 Å². The van der Waals surface area contributed by atoms with Crippen molar-refractivity contribution >= 4 is 11.2 Å². The summed E-state index contributed by atoms with van der Waals surface area (Å²) in [5.41, 5.74) is 6.45. The summed E-state index contributed by atoms with van der Waals surface area (Å²) in [6.45, 7) is 2.05. The van der Waals surface area contributed by atoms with Crippen molar-refractivity contribution in [1.29, 1.82) is 0 Å². The molecule has 0 saturated carbocycles. The van der Waals surface area contributed by atoms with E-state index in [2.05, 4.69) is 27.0 Å². The van der Waals surface area contributed by atoms with Gasteiger partial charge in [0.2, 0.25) is 0 Å². The molecule has 0 aromatic carbocycles. The van der Waals surface area contributed by atoms with E-state index in [0.717, 1.165) is 39.1 Å². The fourth-order valence-electron chi connectivity index (χ4n) is 3.37. The first kappa shape index (κ1) is 17.1. The number of aryl methyl sites for hydroxylation is 2. The molecule has 0 spiro atoms. The molecule has 142 valence electrons. The van der Waals surface area contributed by atoms with E-state index in [4.69, 9.17) is 4.74 Å². The van der Waals surface area contributed by atoms with E-state index in [1.165, 1.54) is 0 Å². The monoisotopic (exact) mass is 382 g/mol. The molecule has 7 heteroatoms. The number of pyridine rings is 2. The quantitative estimate of drug-likeness (QED) is 0.440. The van der Waals surface area contributed by atoms with Gasteiger partial charge in [0, 0.05) is 36.8 Å². The van der Waals surface area contributed by atoms with Gasteiger partial charge in [0.05, 0.1) is 31.3 Å². The van der Waals surface area contributed by atoms with Crippen LogP contribution in [0.25, 0.3) is 22.3 Å². The number of hydrogen-bond donors (Lipinski definition) is 0. The number of fused-ring (bicyclic) bond motifs is 2. The highest BCUT2D eigenvalue weighted by molar-refractivity contribution is 5.75. The van der Waals surface area contributed by atoms with Crippen molar-refractivity contribution in [2.45, 2.75) is 6.92 Å². The minimum Gasteiger partial charge on any atom is -0.494 e. The van der Waals surface area contributed by atoms with Gasteiger partial charge in [-0.1, -0.05) is 12.0 Å². The lowest BCUT2D eigenvalue weighted by atomic mass is 10.1. The molecule has 0 atom stereocenters. The van der Waals surface area contributed by atoms with Crippen LogP contribution >= 0.6 is 0 Å². The van der Waals surface area contributed by atoms with Gasteiger partial charge in [-0.25, -0.2) is 9.50 Å². The molecule has 5 aromatic rings. The lowest BCUT2D eigenvalue weighted by Gasteiger charge is -2.06. The minimum absolute atomic E-state index is 0.710. The Morgan fingerprint density at radius 2 is 1.86 bits per heavy atom. The normalized spacial score (nSPS) is 11.0. The maximum Gasteiger partial charge on any atom is 0.146 e. The zero-order chi connectivity index (χ0) is 20.0. The first-order valence-corrected chi connectivity index (χ1v) is 9.12. The number of nitrogens with zero attached hydrogens (tertiary/aromatic N) is 6. The predicted molar refractivity (Wildman–Crippen MR) is 110 cm³/mol. The lowest BCUT2D eigenvalue weighted by molar-refractivity contribution is 0.417. The number of imidazole rings is 1. The summed E-state index contributed by atoms with van der Waals surface area (Å²) < 4.78 is 11.2. The third-order valence-electron chi connectivity index (χ3n) is 4.81. The second-order valence-electron chi connectivity index (χ2n) is 6.88. The van der Waals surface area contributed by atoms with Crippen molar-refractivity contribution in [3.63, 3.8) is 0 Å². The number of hydrogen-bond acceptors (Lipinski definition) is 4. The summed E-state index contributed by atoms with van der Waals surface area (Å²) in [4.78, 5) is 4.41. The summed E-state index contributed by atoms with van der Waals surface area (Å²) in [6, 6.07) is 6.01. The summed E-state index contributed by atoms with van der Waals surface area (Å²) >= 11 is 0. The van der Waals surface area contributed by atoms with Gasteiger partial charge in [0.1, 0.15) is 22.6 Å². The SMILES string of the molecule is COc1cc(-c2cnn(C)c2)cn2ncc(C#Cc3cnc4ccc(C)cn34)c12. The molecule has 0 saturated heterocycles. The molecule has 0 unspecified atom stereocenters. The van der Waals surface area contributed by atoms with Gasteiger partial charge in [-0.2, -0.15) is 10.2 Å². The van der Waals surface area contributed by atoms with E-state index in [9.17, 15) is 0 Å². The van der Waals surface area contributed by atoms with Crippen molar-refractivity contribution < 1.29 is 4.74 Å². The van der Waals surface area contributed by atoms with Crippen LogP contribution in [0.3, 0.4) is 0 Å². The number of aromatic nitrogens is 6. The predicted octanol–water partition coefficient (Wildman–Crippen LogP) is 3.10. The highest BCUT2D eigenvalue weighted by Crippen LogP contribution is 2.29. The van der Waals surface area contributed by atoms with E-state index in [1.807, 2.05) is 61.4 Å². The topological polar surface area (TPSA) is 61.7 Å². The van der Waals surface area contributed by atoms with Crippen molar-refractivity contribution in [1.82, 2.24) is 28.8 Å². The van der Waals surface area contributed by atoms with Crippen LogP contribution in [0.15, 0.2) is 55.4 Å². The summed E-state index contributed by atoms with van der Waals surface area (Å²) in [6.07, 6.45) is 11.3. The molecule has 0 fully saturated rings. The third kappa shape index (κ3) is 2.91. The van der Waals surface area contributed by atoms with Crippen LogP contribution in [0, 0.1) is 18.8 Å². The van der Waals surface area contributed by atoms with Crippen molar-refractivity contribution in [3.8, 4) is 28.7 Å².